The van der Waals surface area contributed by atoms with Gasteiger partial charge in [0.2, 0.25) is 5.91 Å². The van der Waals surface area contributed by atoms with Crippen molar-refractivity contribution in [2.75, 3.05) is 18.5 Å². The lowest BCUT2D eigenvalue weighted by Crippen LogP contribution is -2.51. The van der Waals surface area contributed by atoms with Crippen LogP contribution in [-0.4, -0.2) is 45.4 Å². The van der Waals surface area contributed by atoms with Crippen LogP contribution in [0.15, 0.2) is 66.9 Å². The van der Waals surface area contributed by atoms with Crippen molar-refractivity contribution in [3.8, 4) is 5.69 Å². The summed E-state index contributed by atoms with van der Waals surface area (Å²) in [5.74, 6) is 0.158. The van der Waals surface area contributed by atoms with Gasteiger partial charge in [-0.3, -0.25) is 9.69 Å². The first kappa shape index (κ1) is 17.4. The van der Waals surface area contributed by atoms with Crippen molar-refractivity contribution in [3.63, 3.8) is 0 Å². The van der Waals surface area contributed by atoms with E-state index in [1.807, 2.05) is 72.6 Å². The number of hydrogen-bond donors (Lipinski definition) is 0. The van der Waals surface area contributed by atoms with Crippen molar-refractivity contribution in [1.29, 1.82) is 0 Å². The molecule has 0 saturated carbocycles. The Morgan fingerprint density at radius 1 is 1.04 bits per heavy atom. The molecule has 1 aliphatic heterocycles. The van der Waals surface area contributed by atoms with Gasteiger partial charge in [0.05, 0.1) is 23.6 Å². The fraction of sp³-hybridized carbons (Fsp3) is 0.286. The lowest BCUT2D eigenvalue weighted by atomic mass is 10.0. The molecule has 1 atom stereocenters. The van der Waals surface area contributed by atoms with E-state index in [-0.39, 0.29) is 11.9 Å². The van der Waals surface area contributed by atoms with Gasteiger partial charge in [0.1, 0.15) is 0 Å². The molecule has 4 rings (SSSR count). The van der Waals surface area contributed by atoms with Crippen molar-refractivity contribution in [2.45, 2.75) is 25.4 Å². The largest absolute Gasteiger partial charge is 0.311 e. The third kappa shape index (κ3) is 3.75. The van der Waals surface area contributed by atoms with E-state index in [1.165, 1.54) is 0 Å². The van der Waals surface area contributed by atoms with Gasteiger partial charge in [-0.15, -0.1) is 0 Å². The smallest absolute Gasteiger partial charge is 0.244 e. The van der Waals surface area contributed by atoms with Crippen LogP contribution in [-0.2, 0) is 11.3 Å². The van der Waals surface area contributed by atoms with Crippen molar-refractivity contribution >= 4 is 11.6 Å². The zero-order valence-corrected chi connectivity index (χ0v) is 15.4. The third-order valence-electron chi connectivity index (χ3n) is 4.95. The quantitative estimate of drug-likeness (QED) is 0.701. The normalized spacial score (nSPS) is 17.5. The van der Waals surface area contributed by atoms with Gasteiger partial charge in [-0.1, -0.05) is 36.4 Å². The molecule has 2 aromatic carbocycles. The van der Waals surface area contributed by atoms with Crippen molar-refractivity contribution in [1.82, 2.24) is 19.9 Å². The minimum atomic E-state index is -0.138. The maximum absolute atomic E-state index is 13.0. The minimum absolute atomic E-state index is 0.138. The molecule has 0 radical (unpaired) electrons. The van der Waals surface area contributed by atoms with Gasteiger partial charge in [-0.25, -0.2) is 0 Å². The van der Waals surface area contributed by atoms with Crippen LogP contribution in [0.2, 0.25) is 0 Å². The van der Waals surface area contributed by atoms with Crippen molar-refractivity contribution < 1.29 is 4.79 Å². The fourth-order valence-corrected chi connectivity index (χ4v) is 3.55. The average molecular weight is 361 g/mol. The Balaban J connectivity index is 1.46. The van der Waals surface area contributed by atoms with Gasteiger partial charge in [0.15, 0.2) is 0 Å². The number of benzene rings is 2. The van der Waals surface area contributed by atoms with E-state index in [0.29, 0.717) is 6.54 Å². The SMILES string of the molecule is CN(Cc1cnn(-c2ccccc2)n1)C1CCCN(c2ccccc2)C1=O. The molecule has 0 N–H and O–H groups in total. The molecule has 1 aromatic heterocycles. The van der Waals surface area contributed by atoms with Crippen molar-refractivity contribution in [2.24, 2.45) is 0 Å². The maximum Gasteiger partial charge on any atom is 0.244 e. The second kappa shape index (κ2) is 7.72. The molecule has 27 heavy (non-hydrogen) atoms. The molecule has 1 aliphatic rings. The number of para-hydroxylation sites is 2. The molecule has 0 spiro atoms. The van der Waals surface area contributed by atoms with E-state index in [0.717, 1.165) is 36.5 Å². The topological polar surface area (TPSA) is 54.3 Å². The molecular weight excluding hydrogens is 338 g/mol. The van der Waals surface area contributed by atoms with Gasteiger partial charge in [-0.2, -0.15) is 15.0 Å². The average Bonchev–Trinajstić information content (AvgIpc) is 3.18. The second-order valence-electron chi connectivity index (χ2n) is 6.86. The highest BCUT2D eigenvalue weighted by Crippen LogP contribution is 2.23. The third-order valence-corrected chi connectivity index (χ3v) is 4.95. The summed E-state index contributed by atoms with van der Waals surface area (Å²) in [6.07, 6.45) is 3.63. The Morgan fingerprint density at radius 3 is 2.41 bits per heavy atom. The van der Waals surface area contributed by atoms with Gasteiger partial charge in [0.25, 0.3) is 0 Å². The van der Waals surface area contributed by atoms with E-state index in [1.54, 1.807) is 11.0 Å². The lowest BCUT2D eigenvalue weighted by molar-refractivity contribution is -0.125. The number of carbonyl (C=O) groups excluding carboxylic acids is 1. The number of aromatic nitrogens is 3. The van der Waals surface area contributed by atoms with Gasteiger partial charge in [-0.05, 0) is 44.2 Å². The van der Waals surface area contributed by atoms with Gasteiger partial charge >= 0.3 is 0 Å². The molecule has 0 bridgehead atoms. The van der Waals surface area contributed by atoms with Crippen LogP contribution in [0.5, 0.6) is 0 Å². The first-order valence-corrected chi connectivity index (χ1v) is 9.26. The van der Waals surface area contributed by atoms with Crippen LogP contribution in [0.25, 0.3) is 5.69 Å². The number of amides is 1. The van der Waals surface area contributed by atoms with E-state index in [4.69, 9.17) is 0 Å². The van der Waals surface area contributed by atoms with Crippen LogP contribution in [0.1, 0.15) is 18.5 Å². The zero-order chi connectivity index (χ0) is 18.6. The summed E-state index contributed by atoms with van der Waals surface area (Å²) in [7, 11) is 1.98. The minimum Gasteiger partial charge on any atom is -0.311 e. The summed E-state index contributed by atoms with van der Waals surface area (Å²) in [5, 5.41) is 8.91. The molecule has 6 nitrogen and oxygen atoms in total. The molecule has 1 unspecified atom stereocenters. The van der Waals surface area contributed by atoms with Crippen molar-refractivity contribution in [3.05, 3.63) is 72.6 Å². The lowest BCUT2D eigenvalue weighted by Gasteiger charge is -2.36. The van der Waals surface area contributed by atoms with E-state index >= 15 is 0 Å². The highest BCUT2D eigenvalue weighted by atomic mass is 16.2. The molecule has 1 amide bonds. The Labute approximate surface area is 159 Å². The summed E-state index contributed by atoms with van der Waals surface area (Å²) < 4.78 is 0. The Hall–Kier alpha value is -2.99. The molecule has 0 aliphatic carbocycles. The summed E-state index contributed by atoms with van der Waals surface area (Å²) in [6.45, 7) is 1.36. The summed E-state index contributed by atoms with van der Waals surface area (Å²) in [5.41, 5.74) is 2.75. The molecule has 138 valence electrons. The number of anilines is 1. The zero-order valence-electron chi connectivity index (χ0n) is 15.4. The monoisotopic (exact) mass is 361 g/mol. The van der Waals surface area contributed by atoms with Crippen LogP contribution in [0.4, 0.5) is 5.69 Å². The van der Waals surface area contributed by atoms with E-state index in [2.05, 4.69) is 15.1 Å². The highest BCUT2D eigenvalue weighted by molar-refractivity contribution is 5.97. The van der Waals surface area contributed by atoms with Crippen LogP contribution in [0, 0.1) is 0 Å². The fourth-order valence-electron chi connectivity index (χ4n) is 3.55. The van der Waals surface area contributed by atoms with Crippen LogP contribution >= 0.6 is 0 Å². The first-order chi connectivity index (χ1) is 13.2. The van der Waals surface area contributed by atoms with Gasteiger partial charge in [0, 0.05) is 18.8 Å². The Bertz CT molecular complexity index is 893. The summed E-state index contributed by atoms with van der Waals surface area (Å²) in [4.78, 5) is 18.6. The Kier molecular flexibility index (Phi) is 4.98. The highest BCUT2D eigenvalue weighted by Gasteiger charge is 2.32. The van der Waals surface area contributed by atoms with E-state index < -0.39 is 0 Å². The molecule has 3 aromatic rings. The number of likely N-dealkylation sites (N-methyl/N-ethyl adjacent to an activating group) is 1. The Morgan fingerprint density at radius 2 is 1.70 bits per heavy atom. The number of hydrogen-bond acceptors (Lipinski definition) is 4. The van der Waals surface area contributed by atoms with Gasteiger partial charge < -0.3 is 4.90 Å². The maximum atomic E-state index is 13.0. The number of carbonyl (C=O) groups is 1. The standard InChI is InChI=1S/C21H23N5O/c1-24(16-17-15-22-26(23-17)19-11-6-3-7-12-19)20-13-8-14-25(21(20)27)18-9-4-2-5-10-18/h2-7,9-12,15,20H,8,13-14,16H2,1H3. The molecule has 6 heteroatoms. The van der Waals surface area contributed by atoms with E-state index in [9.17, 15) is 4.79 Å². The molecule has 1 saturated heterocycles. The predicted octanol–water partition coefficient (Wildman–Crippen LogP) is 2.89. The number of rotatable bonds is 5. The van der Waals surface area contributed by atoms with Crippen LogP contribution < -0.4 is 4.90 Å². The molecule has 2 heterocycles. The second-order valence-corrected chi connectivity index (χ2v) is 6.86. The number of nitrogens with zero attached hydrogens (tertiary/aromatic N) is 5. The molecule has 1 fully saturated rings. The number of piperidine rings is 1. The predicted molar refractivity (Wildman–Crippen MR) is 105 cm³/mol. The summed E-state index contributed by atoms with van der Waals surface area (Å²) >= 11 is 0. The van der Waals surface area contributed by atoms with Crippen LogP contribution in [0.3, 0.4) is 0 Å². The first-order valence-electron chi connectivity index (χ1n) is 9.26. The molecular formula is C21H23N5O. The summed E-state index contributed by atoms with van der Waals surface area (Å²) in [6, 6.07) is 19.6.